The van der Waals surface area contributed by atoms with Crippen molar-refractivity contribution < 1.29 is 9.90 Å². The number of likely N-dealkylation sites (N-methyl/N-ethyl adjacent to an activating group) is 1. The van der Waals surface area contributed by atoms with Gasteiger partial charge in [-0.3, -0.25) is 4.79 Å². The standard InChI is InChI=1S/C13H21N3O2/c1-10-15-7-9-16(10)8-5-11-4-3-6-13(11,14-2)12(17)18/h7,9,11,14H,3-6,8H2,1-2H3,(H,17,18). The van der Waals surface area contributed by atoms with Gasteiger partial charge >= 0.3 is 5.97 Å². The summed E-state index contributed by atoms with van der Waals surface area (Å²) in [5.74, 6) is 0.468. The lowest BCUT2D eigenvalue weighted by Crippen LogP contribution is -2.53. The Hall–Kier alpha value is -1.36. The summed E-state index contributed by atoms with van der Waals surface area (Å²) in [5, 5.41) is 12.5. The first-order valence-electron chi connectivity index (χ1n) is 6.50. The van der Waals surface area contributed by atoms with E-state index in [1.54, 1.807) is 13.2 Å². The molecule has 0 saturated heterocycles. The summed E-state index contributed by atoms with van der Waals surface area (Å²) < 4.78 is 2.08. The number of carboxylic acid groups (broad SMARTS) is 1. The maximum atomic E-state index is 11.5. The predicted octanol–water partition coefficient (Wildman–Crippen LogP) is 1.42. The van der Waals surface area contributed by atoms with Crippen molar-refractivity contribution in [1.82, 2.24) is 14.9 Å². The fourth-order valence-corrected chi connectivity index (χ4v) is 3.12. The summed E-state index contributed by atoms with van der Waals surface area (Å²) in [6.45, 7) is 2.81. The number of hydrogen-bond donors (Lipinski definition) is 2. The van der Waals surface area contributed by atoms with Crippen LogP contribution in [0, 0.1) is 12.8 Å². The number of nitrogens with one attached hydrogen (secondary N) is 1. The molecule has 1 fully saturated rings. The molecule has 2 unspecified atom stereocenters. The number of imidazole rings is 1. The number of carboxylic acids is 1. The van der Waals surface area contributed by atoms with Crippen LogP contribution in [-0.4, -0.2) is 33.2 Å². The van der Waals surface area contributed by atoms with Crippen LogP contribution in [0.25, 0.3) is 0 Å². The number of rotatable bonds is 5. The molecule has 0 aliphatic heterocycles. The molecular weight excluding hydrogens is 230 g/mol. The lowest BCUT2D eigenvalue weighted by molar-refractivity contribution is -0.146. The Bertz CT molecular complexity index is 430. The molecule has 5 heteroatoms. The fraction of sp³-hybridized carbons (Fsp3) is 0.692. The van der Waals surface area contributed by atoms with E-state index >= 15 is 0 Å². The molecule has 0 amide bonds. The van der Waals surface area contributed by atoms with E-state index in [0.29, 0.717) is 0 Å². The van der Waals surface area contributed by atoms with Crippen molar-refractivity contribution >= 4 is 5.97 Å². The number of aliphatic carboxylic acids is 1. The van der Waals surface area contributed by atoms with Crippen LogP contribution < -0.4 is 5.32 Å². The average Bonchev–Trinajstić information content (AvgIpc) is 2.93. The maximum Gasteiger partial charge on any atom is 0.324 e. The average molecular weight is 251 g/mol. The lowest BCUT2D eigenvalue weighted by Gasteiger charge is -2.31. The largest absolute Gasteiger partial charge is 0.480 e. The van der Waals surface area contributed by atoms with Gasteiger partial charge in [0.15, 0.2) is 0 Å². The Balaban J connectivity index is 2.04. The molecule has 2 atom stereocenters. The molecule has 0 spiro atoms. The van der Waals surface area contributed by atoms with Gasteiger partial charge in [0.25, 0.3) is 0 Å². The molecule has 100 valence electrons. The van der Waals surface area contributed by atoms with E-state index in [1.807, 2.05) is 13.1 Å². The van der Waals surface area contributed by atoms with E-state index in [-0.39, 0.29) is 5.92 Å². The third-order valence-electron chi connectivity index (χ3n) is 4.29. The van der Waals surface area contributed by atoms with Crippen LogP contribution in [0.5, 0.6) is 0 Å². The Morgan fingerprint density at radius 1 is 1.72 bits per heavy atom. The Labute approximate surface area is 107 Å². The second-order valence-electron chi connectivity index (χ2n) is 5.07. The minimum atomic E-state index is -0.728. The monoisotopic (exact) mass is 251 g/mol. The van der Waals surface area contributed by atoms with Crippen LogP contribution in [0.1, 0.15) is 31.5 Å². The van der Waals surface area contributed by atoms with Gasteiger partial charge in [-0.05, 0) is 39.2 Å². The third-order valence-corrected chi connectivity index (χ3v) is 4.29. The SMILES string of the molecule is CNC1(C(=O)O)CCCC1CCn1ccnc1C. The molecule has 18 heavy (non-hydrogen) atoms. The summed E-state index contributed by atoms with van der Waals surface area (Å²) in [6, 6.07) is 0. The van der Waals surface area contributed by atoms with Gasteiger partial charge in [-0.2, -0.15) is 0 Å². The van der Waals surface area contributed by atoms with Gasteiger partial charge in [-0.1, -0.05) is 6.42 Å². The number of carbonyl (C=O) groups is 1. The van der Waals surface area contributed by atoms with Gasteiger partial charge in [-0.15, -0.1) is 0 Å². The van der Waals surface area contributed by atoms with Gasteiger partial charge < -0.3 is 15.0 Å². The number of aromatic nitrogens is 2. The molecule has 0 aromatic carbocycles. The zero-order valence-corrected chi connectivity index (χ0v) is 11.0. The van der Waals surface area contributed by atoms with Gasteiger partial charge in [0.2, 0.25) is 0 Å². The minimum Gasteiger partial charge on any atom is -0.480 e. The Morgan fingerprint density at radius 3 is 3.06 bits per heavy atom. The quantitative estimate of drug-likeness (QED) is 0.830. The van der Waals surface area contributed by atoms with Crippen LogP contribution in [0.15, 0.2) is 12.4 Å². The van der Waals surface area contributed by atoms with Crippen LogP contribution in [-0.2, 0) is 11.3 Å². The Morgan fingerprint density at radius 2 is 2.50 bits per heavy atom. The molecule has 1 aliphatic rings. The molecule has 2 rings (SSSR count). The van der Waals surface area contributed by atoms with Crippen molar-refractivity contribution in [3.8, 4) is 0 Å². The normalized spacial score (nSPS) is 27.6. The van der Waals surface area contributed by atoms with E-state index in [2.05, 4.69) is 14.9 Å². The smallest absolute Gasteiger partial charge is 0.324 e. The second-order valence-corrected chi connectivity index (χ2v) is 5.07. The molecular formula is C13H21N3O2. The highest BCUT2D eigenvalue weighted by atomic mass is 16.4. The van der Waals surface area contributed by atoms with Crippen LogP contribution >= 0.6 is 0 Å². The van der Waals surface area contributed by atoms with E-state index in [1.165, 1.54) is 0 Å². The highest BCUT2D eigenvalue weighted by molar-refractivity contribution is 5.79. The van der Waals surface area contributed by atoms with Crippen molar-refractivity contribution in [3.05, 3.63) is 18.2 Å². The fourth-order valence-electron chi connectivity index (χ4n) is 3.12. The molecule has 1 saturated carbocycles. The lowest BCUT2D eigenvalue weighted by atomic mass is 9.84. The minimum absolute atomic E-state index is 0.196. The first-order chi connectivity index (χ1) is 8.60. The zero-order valence-electron chi connectivity index (χ0n) is 11.0. The van der Waals surface area contributed by atoms with E-state index < -0.39 is 11.5 Å². The summed E-state index contributed by atoms with van der Waals surface area (Å²) in [4.78, 5) is 15.7. The predicted molar refractivity (Wildman–Crippen MR) is 68.3 cm³/mol. The number of aryl methyl sites for hydroxylation is 2. The molecule has 1 heterocycles. The van der Waals surface area contributed by atoms with Crippen LogP contribution in [0.4, 0.5) is 0 Å². The molecule has 0 radical (unpaired) electrons. The first-order valence-corrected chi connectivity index (χ1v) is 6.50. The van der Waals surface area contributed by atoms with Crippen LogP contribution in [0.2, 0.25) is 0 Å². The topological polar surface area (TPSA) is 67.2 Å². The van der Waals surface area contributed by atoms with Gasteiger partial charge in [0.05, 0.1) is 0 Å². The Kier molecular flexibility index (Phi) is 3.71. The number of hydrogen-bond acceptors (Lipinski definition) is 3. The third kappa shape index (κ3) is 2.14. The first kappa shape index (κ1) is 13.1. The molecule has 1 aromatic heterocycles. The van der Waals surface area contributed by atoms with E-state index in [0.717, 1.165) is 38.1 Å². The zero-order chi connectivity index (χ0) is 13.2. The summed E-state index contributed by atoms with van der Waals surface area (Å²) in [7, 11) is 1.76. The van der Waals surface area contributed by atoms with Crippen molar-refractivity contribution in [2.45, 2.75) is 44.7 Å². The highest BCUT2D eigenvalue weighted by Crippen LogP contribution is 2.38. The van der Waals surface area contributed by atoms with Gasteiger partial charge in [0.1, 0.15) is 11.4 Å². The van der Waals surface area contributed by atoms with Gasteiger partial charge in [0, 0.05) is 18.9 Å². The van der Waals surface area contributed by atoms with E-state index in [4.69, 9.17) is 0 Å². The maximum absolute atomic E-state index is 11.5. The molecule has 1 aliphatic carbocycles. The number of nitrogens with zero attached hydrogens (tertiary/aromatic N) is 2. The van der Waals surface area contributed by atoms with Crippen molar-refractivity contribution in [1.29, 1.82) is 0 Å². The molecule has 0 bridgehead atoms. The summed E-state index contributed by atoms with van der Waals surface area (Å²) in [5.41, 5.74) is -0.728. The summed E-state index contributed by atoms with van der Waals surface area (Å²) in [6.07, 6.45) is 7.32. The van der Waals surface area contributed by atoms with Crippen molar-refractivity contribution in [2.24, 2.45) is 5.92 Å². The molecule has 2 N–H and O–H groups in total. The van der Waals surface area contributed by atoms with Gasteiger partial charge in [-0.25, -0.2) is 4.98 Å². The van der Waals surface area contributed by atoms with Crippen molar-refractivity contribution in [3.63, 3.8) is 0 Å². The molecule has 1 aromatic rings. The van der Waals surface area contributed by atoms with Crippen molar-refractivity contribution in [2.75, 3.05) is 7.05 Å². The summed E-state index contributed by atoms with van der Waals surface area (Å²) >= 11 is 0. The second kappa shape index (κ2) is 5.10. The highest BCUT2D eigenvalue weighted by Gasteiger charge is 2.47. The molecule has 5 nitrogen and oxygen atoms in total. The van der Waals surface area contributed by atoms with E-state index in [9.17, 15) is 9.90 Å². The van der Waals surface area contributed by atoms with Crippen LogP contribution in [0.3, 0.4) is 0 Å².